The topological polar surface area (TPSA) is 23.6 Å². The van der Waals surface area contributed by atoms with Crippen molar-refractivity contribution in [1.82, 2.24) is 9.80 Å². The van der Waals surface area contributed by atoms with Gasteiger partial charge >= 0.3 is 0 Å². The predicted octanol–water partition coefficient (Wildman–Crippen LogP) is 2.76. The molecule has 0 aromatic heterocycles. The molecule has 3 nitrogen and oxygen atoms in total. The SMILES string of the molecule is CN(C)C1CCN(C(=O)c2ccc(F)c3ccccc23)C1. The van der Waals surface area contributed by atoms with Crippen LogP contribution in [0.4, 0.5) is 4.39 Å². The molecule has 1 atom stereocenters. The fourth-order valence-electron chi connectivity index (χ4n) is 2.97. The highest BCUT2D eigenvalue weighted by Crippen LogP contribution is 2.24. The second kappa shape index (κ2) is 5.45. The Morgan fingerprint density at radius 3 is 2.57 bits per heavy atom. The molecule has 1 aliphatic rings. The smallest absolute Gasteiger partial charge is 0.254 e. The van der Waals surface area contributed by atoms with Crippen molar-refractivity contribution in [2.75, 3.05) is 27.2 Å². The molecule has 1 saturated heterocycles. The Morgan fingerprint density at radius 1 is 1.19 bits per heavy atom. The molecule has 0 N–H and O–H groups in total. The van der Waals surface area contributed by atoms with Crippen LogP contribution in [-0.2, 0) is 0 Å². The number of likely N-dealkylation sites (tertiary alicyclic amines) is 1. The van der Waals surface area contributed by atoms with E-state index in [-0.39, 0.29) is 11.7 Å². The van der Waals surface area contributed by atoms with Gasteiger partial charge in [-0.05, 0) is 38.0 Å². The van der Waals surface area contributed by atoms with Crippen molar-refractivity contribution in [2.24, 2.45) is 0 Å². The molecular weight excluding hydrogens is 267 g/mol. The van der Waals surface area contributed by atoms with Gasteiger partial charge < -0.3 is 9.80 Å². The second-order valence-corrected chi connectivity index (χ2v) is 5.80. The number of likely N-dealkylation sites (N-methyl/N-ethyl adjacent to an activating group) is 1. The normalized spacial score (nSPS) is 18.7. The first-order valence-corrected chi connectivity index (χ1v) is 7.21. The summed E-state index contributed by atoms with van der Waals surface area (Å²) < 4.78 is 13.8. The molecule has 1 unspecified atom stereocenters. The lowest BCUT2D eigenvalue weighted by Gasteiger charge is -2.21. The van der Waals surface area contributed by atoms with Gasteiger partial charge in [-0.15, -0.1) is 0 Å². The van der Waals surface area contributed by atoms with E-state index in [0.717, 1.165) is 19.5 Å². The number of rotatable bonds is 2. The molecule has 1 heterocycles. The summed E-state index contributed by atoms with van der Waals surface area (Å²) in [4.78, 5) is 16.7. The summed E-state index contributed by atoms with van der Waals surface area (Å²) in [6.07, 6.45) is 0.984. The highest BCUT2D eigenvalue weighted by atomic mass is 19.1. The number of hydrogen-bond donors (Lipinski definition) is 0. The van der Waals surface area contributed by atoms with Crippen LogP contribution in [0.1, 0.15) is 16.8 Å². The number of amides is 1. The summed E-state index contributed by atoms with van der Waals surface area (Å²) in [5.41, 5.74) is 0.589. The second-order valence-electron chi connectivity index (χ2n) is 5.80. The Labute approximate surface area is 124 Å². The van der Waals surface area contributed by atoms with Gasteiger partial charge in [0, 0.05) is 30.1 Å². The van der Waals surface area contributed by atoms with Crippen LogP contribution < -0.4 is 0 Å². The molecule has 2 aromatic carbocycles. The average molecular weight is 286 g/mol. The van der Waals surface area contributed by atoms with Crippen molar-refractivity contribution < 1.29 is 9.18 Å². The summed E-state index contributed by atoms with van der Waals surface area (Å²) >= 11 is 0. The number of benzene rings is 2. The van der Waals surface area contributed by atoms with E-state index < -0.39 is 0 Å². The van der Waals surface area contributed by atoms with Crippen LogP contribution in [0.3, 0.4) is 0 Å². The Balaban J connectivity index is 1.94. The lowest BCUT2D eigenvalue weighted by atomic mass is 10.0. The lowest BCUT2D eigenvalue weighted by molar-refractivity contribution is 0.0785. The summed E-state index contributed by atoms with van der Waals surface area (Å²) in [5, 5.41) is 1.20. The van der Waals surface area contributed by atoms with Gasteiger partial charge in [0.1, 0.15) is 5.82 Å². The highest BCUT2D eigenvalue weighted by Gasteiger charge is 2.28. The summed E-state index contributed by atoms with van der Waals surface area (Å²) in [6.45, 7) is 1.49. The van der Waals surface area contributed by atoms with Crippen LogP contribution in [0.2, 0.25) is 0 Å². The molecule has 110 valence electrons. The minimum atomic E-state index is -0.283. The van der Waals surface area contributed by atoms with Crippen LogP contribution in [-0.4, -0.2) is 48.9 Å². The molecule has 0 radical (unpaired) electrons. The lowest BCUT2D eigenvalue weighted by Crippen LogP contribution is -2.34. The maximum absolute atomic E-state index is 13.8. The Hall–Kier alpha value is -1.94. The Bertz CT molecular complexity index is 684. The molecule has 21 heavy (non-hydrogen) atoms. The fraction of sp³-hybridized carbons (Fsp3) is 0.353. The summed E-state index contributed by atoms with van der Waals surface area (Å²) in [7, 11) is 4.07. The van der Waals surface area contributed by atoms with Crippen molar-refractivity contribution >= 4 is 16.7 Å². The van der Waals surface area contributed by atoms with Crippen LogP contribution in [0.15, 0.2) is 36.4 Å². The predicted molar refractivity (Wildman–Crippen MR) is 81.9 cm³/mol. The van der Waals surface area contributed by atoms with Crippen LogP contribution in [0.25, 0.3) is 10.8 Å². The first kappa shape index (κ1) is 14.0. The van der Waals surface area contributed by atoms with E-state index in [4.69, 9.17) is 0 Å². The van der Waals surface area contributed by atoms with Gasteiger partial charge in [-0.25, -0.2) is 4.39 Å². The van der Waals surface area contributed by atoms with E-state index in [0.29, 0.717) is 22.4 Å². The summed E-state index contributed by atoms with van der Waals surface area (Å²) in [6, 6.07) is 10.5. The zero-order valence-electron chi connectivity index (χ0n) is 12.3. The third kappa shape index (κ3) is 2.51. The van der Waals surface area contributed by atoms with Gasteiger partial charge in [-0.1, -0.05) is 24.3 Å². The fourth-order valence-corrected chi connectivity index (χ4v) is 2.97. The largest absolute Gasteiger partial charge is 0.337 e. The minimum absolute atomic E-state index is 0.00412. The molecule has 0 aliphatic carbocycles. The van der Waals surface area contributed by atoms with E-state index in [1.165, 1.54) is 6.07 Å². The van der Waals surface area contributed by atoms with Crippen LogP contribution >= 0.6 is 0 Å². The highest BCUT2D eigenvalue weighted by molar-refractivity contribution is 6.07. The van der Waals surface area contributed by atoms with Gasteiger partial charge in [-0.2, -0.15) is 0 Å². The van der Waals surface area contributed by atoms with E-state index in [2.05, 4.69) is 4.90 Å². The van der Waals surface area contributed by atoms with Gasteiger partial charge in [0.05, 0.1) is 0 Å². The van der Waals surface area contributed by atoms with Gasteiger partial charge in [0.2, 0.25) is 0 Å². The molecule has 0 bridgehead atoms. The first-order valence-electron chi connectivity index (χ1n) is 7.21. The molecule has 0 spiro atoms. The van der Waals surface area contributed by atoms with E-state index in [9.17, 15) is 9.18 Å². The van der Waals surface area contributed by atoms with Gasteiger partial charge in [-0.3, -0.25) is 4.79 Å². The standard InChI is InChI=1S/C17H19FN2O/c1-19(2)12-9-10-20(11-12)17(21)15-7-8-16(18)14-6-4-3-5-13(14)15/h3-8,12H,9-11H2,1-2H3. The van der Waals surface area contributed by atoms with Crippen LogP contribution in [0, 0.1) is 5.82 Å². The number of carbonyl (C=O) groups excluding carboxylic acids is 1. The molecule has 0 saturated carbocycles. The number of nitrogens with zero attached hydrogens (tertiary/aromatic N) is 2. The average Bonchev–Trinajstić information content (AvgIpc) is 2.97. The number of fused-ring (bicyclic) bond motifs is 1. The van der Waals surface area contributed by atoms with Crippen molar-refractivity contribution in [3.63, 3.8) is 0 Å². The van der Waals surface area contributed by atoms with Crippen molar-refractivity contribution in [1.29, 1.82) is 0 Å². The van der Waals surface area contributed by atoms with E-state index in [1.807, 2.05) is 31.1 Å². The quantitative estimate of drug-likeness (QED) is 0.847. The van der Waals surface area contributed by atoms with Crippen molar-refractivity contribution in [2.45, 2.75) is 12.5 Å². The van der Waals surface area contributed by atoms with Gasteiger partial charge in [0.15, 0.2) is 0 Å². The molecule has 1 aliphatic heterocycles. The zero-order valence-corrected chi connectivity index (χ0v) is 12.3. The third-order valence-corrected chi connectivity index (χ3v) is 4.28. The zero-order chi connectivity index (χ0) is 15.0. The van der Waals surface area contributed by atoms with Crippen molar-refractivity contribution in [3.05, 3.63) is 47.8 Å². The van der Waals surface area contributed by atoms with Crippen molar-refractivity contribution in [3.8, 4) is 0 Å². The Kier molecular flexibility index (Phi) is 3.64. The molecule has 2 aromatic rings. The Morgan fingerprint density at radius 2 is 1.90 bits per heavy atom. The molecular formula is C17H19FN2O. The van der Waals surface area contributed by atoms with E-state index >= 15 is 0 Å². The molecule has 4 heteroatoms. The monoisotopic (exact) mass is 286 g/mol. The maximum atomic E-state index is 13.8. The molecule has 1 amide bonds. The maximum Gasteiger partial charge on any atom is 0.254 e. The van der Waals surface area contributed by atoms with Gasteiger partial charge in [0.25, 0.3) is 5.91 Å². The van der Waals surface area contributed by atoms with Crippen LogP contribution in [0.5, 0.6) is 0 Å². The minimum Gasteiger partial charge on any atom is -0.337 e. The van der Waals surface area contributed by atoms with E-state index in [1.54, 1.807) is 18.2 Å². The third-order valence-electron chi connectivity index (χ3n) is 4.28. The molecule has 3 rings (SSSR count). The number of carbonyl (C=O) groups is 1. The summed E-state index contributed by atoms with van der Waals surface area (Å²) in [5.74, 6) is -0.287. The molecule has 1 fully saturated rings. The first-order chi connectivity index (χ1) is 10.1. The number of hydrogen-bond acceptors (Lipinski definition) is 2. The number of halogens is 1.